The number of carbonyl (C=O) groups excluding carboxylic acids is 1. The zero-order valence-corrected chi connectivity index (χ0v) is 14.0. The molecule has 6 heteroatoms. The summed E-state index contributed by atoms with van der Waals surface area (Å²) in [5.41, 5.74) is 5.24. The number of rotatable bonds is 4. The van der Waals surface area contributed by atoms with E-state index in [2.05, 4.69) is 10.5 Å². The second-order valence-corrected chi connectivity index (χ2v) is 6.74. The molecule has 1 amide bonds. The fraction of sp³-hybridized carbons (Fsp3) is 0.375. The Morgan fingerprint density at radius 1 is 1.45 bits per heavy atom. The molecule has 0 aliphatic carbocycles. The van der Waals surface area contributed by atoms with Crippen LogP contribution in [0.1, 0.15) is 25.8 Å². The first kappa shape index (κ1) is 16.4. The standard InChI is InChI=1S/C16H20N2O3S/c1-10(5-15-11(2)6-16(19)18-17-15)12-7-13(21-3)9-14(8-12)22(4)20/h5,7-9,11H,6H2,1-4H3,(H,18,19). The van der Waals surface area contributed by atoms with Gasteiger partial charge in [-0.15, -0.1) is 0 Å². The van der Waals surface area contributed by atoms with Crippen molar-refractivity contribution in [3.8, 4) is 5.75 Å². The fourth-order valence-corrected chi connectivity index (χ4v) is 2.80. The van der Waals surface area contributed by atoms with Crippen molar-refractivity contribution < 1.29 is 13.7 Å². The van der Waals surface area contributed by atoms with Gasteiger partial charge in [-0.2, -0.15) is 5.10 Å². The highest BCUT2D eigenvalue weighted by molar-refractivity contribution is 7.84. The number of amides is 1. The molecule has 2 atom stereocenters. The molecule has 118 valence electrons. The number of ether oxygens (including phenoxy) is 1. The monoisotopic (exact) mass is 320 g/mol. The summed E-state index contributed by atoms with van der Waals surface area (Å²) in [7, 11) is 0.506. The van der Waals surface area contributed by atoms with Crippen LogP contribution in [0.3, 0.4) is 0 Å². The lowest BCUT2D eigenvalue weighted by Gasteiger charge is -2.17. The third kappa shape index (κ3) is 3.82. The van der Waals surface area contributed by atoms with Crippen LogP contribution >= 0.6 is 0 Å². The molecule has 2 unspecified atom stereocenters. The number of hydrazone groups is 1. The Hall–Kier alpha value is -1.95. The molecular formula is C16H20N2O3S. The lowest BCUT2D eigenvalue weighted by Crippen LogP contribution is -2.30. The summed E-state index contributed by atoms with van der Waals surface area (Å²) in [6, 6.07) is 5.56. The maximum absolute atomic E-state index is 11.7. The molecule has 1 heterocycles. The number of nitrogens with zero attached hydrogens (tertiary/aromatic N) is 1. The number of hydrogen-bond donors (Lipinski definition) is 1. The molecule has 0 saturated heterocycles. The molecule has 0 saturated carbocycles. The van der Waals surface area contributed by atoms with E-state index in [0.717, 1.165) is 16.8 Å². The van der Waals surface area contributed by atoms with Gasteiger partial charge in [0.25, 0.3) is 0 Å². The van der Waals surface area contributed by atoms with E-state index >= 15 is 0 Å². The molecule has 1 aromatic carbocycles. The second-order valence-electron chi connectivity index (χ2n) is 5.36. The summed E-state index contributed by atoms with van der Waals surface area (Å²) in [4.78, 5) is 12.0. The van der Waals surface area contributed by atoms with Gasteiger partial charge in [0, 0.05) is 34.3 Å². The lowest BCUT2D eigenvalue weighted by molar-refractivity contribution is -0.121. The normalized spacial score (nSPS) is 20.2. The zero-order chi connectivity index (χ0) is 16.3. The van der Waals surface area contributed by atoms with Crippen LogP contribution in [0.15, 0.2) is 34.3 Å². The Kier molecular flexibility index (Phi) is 5.13. The van der Waals surface area contributed by atoms with Crippen LogP contribution < -0.4 is 10.2 Å². The predicted molar refractivity (Wildman–Crippen MR) is 88.3 cm³/mol. The van der Waals surface area contributed by atoms with Gasteiger partial charge in [-0.3, -0.25) is 9.00 Å². The minimum atomic E-state index is -1.08. The summed E-state index contributed by atoms with van der Waals surface area (Å²) in [5, 5.41) is 4.11. The molecule has 1 aliphatic heterocycles. The first-order valence-electron chi connectivity index (χ1n) is 6.98. The van der Waals surface area contributed by atoms with E-state index in [0.29, 0.717) is 17.1 Å². The number of benzene rings is 1. The molecule has 1 N–H and O–H groups in total. The van der Waals surface area contributed by atoms with E-state index in [4.69, 9.17) is 4.74 Å². The predicted octanol–water partition coefficient (Wildman–Crippen LogP) is 2.35. The van der Waals surface area contributed by atoms with Crippen molar-refractivity contribution in [1.29, 1.82) is 0 Å². The third-order valence-corrected chi connectivity index (χ3v) is 4.47. The Morgan fingerprint density at radius 3 is 2.77 bits per heavy atom. The van der Waals surface area contributed by atoms with Crippen LogP contribution in [-0.2, 0) is 15.6 Å². The molecule has 0 fully saturated rings. The topological polar surface area (TPSA) is 67.8 Å². The minimum absolute atomic E-state index is 0.0626. The van der Waals surface area contributed by atoms with Crippen molar-refractivity contribution in [2.75, 3.05) is 13.4 Å². The van der Waals surface area contributed by atoms with Crippen molar-refractivity contribution in [3.63, 3.8) is 0 Å². The van der Waals surface area contributed by atoms with Crippen molar-refractivity contribution >= 4 is 28.0 Å². The zero-order valence-electron chi connectivity index (χ0n) is 13.2. The molecular weight excluding hydrogens is 300 g/mol. The molecule has 1 aliphatic rings. The van der Waals surface area contributed by atoms with E-state index in [1.54, 1.807) is 19.4 Å². The Balaban J connectivity index is 2.38. The first-order chi connectivity index (χ1) is 10.4. The molecule has 0 radical (unpaired) electrons. The average molecular weight is 320 g/mol. The fourth-order valence-electron chi connectivity index (χ4n) is 2.23. The highest BCUT2D eigenvalue weighted by atomic mass is 32.2. The summed E-state index contributed by atoms with van der Waals surface area (Å²) in [6.07, 6.45) is 4.02. The van der Waals surface area contributed by atoms with Crippen molar-refractivity contribution in [2.45, 2.75) is 25.2 Å². The van der Waals surface area contributed by atoms with Gasteiger partial charge < -0.3 is 4.74 Å². The number of carbonyl (C=O) groups is 1. The van der Waals surface area contributed by atoms with E-state index in [9.17, 15) is 9.00 Å². The highest BCUT2D eigenvalue weighted by Gasteiger charge is 2.19. The van der Waals surface area contributed by atoms with Gasteiger partial charge in [0.1, 0.15) is 5.75 Å². The number of nitrogens with one attached hydrogen (secondary N) is 1. The van der Waals surface area contributed by atoms with Gasteiger partial charge in [0.05, 0.1) is 12.8 Å². The van der Waals surface area contributed by atoms with Gasteiger partial charge in [-0.1, -0.05) is 6.92 Å². The molecule has 1 aromatic rings. The van der Waals surface area contributed by atoms with E-state index in [1.165, 1.54) is 0 Å². The van der Waals surface area contributed by atoms with Gasteiger partial charge in [-0.25, -0.2) is 5.43 Å². The second kappa shape index (κ2) is 6.87. The van der Waals surface area contributed by atoms with Crippen molar-refractivity contribution in [3.05, 3.63) is 29.8 Å². The maximum Gasteiger partial charge on any atom is 0.240 e. The van der Waals surface area contributed by atoms with Crippen LogP contribution in [0.4, 0.5) is 0 Å². The summed E-state index contributed by atoms with van der Waals surface area (Å²) >= 11 is 0. The van der Waals surface area contributed by atoms with Gasteiger partial charge in [0.15, 0.2) is 0 Å². The van der Waals surface area contributed by atoms with Crippen LogP contribution in [0.2, 0.25) is 0 Å². The minimum Gasteiger partial charge on any atom is -0.497 e. The van der Waals surface area contributed by atoms with E-state index in [-0.39, 0.29) is 11.8 Å². The van der Waals surface area contributed by atoms with E-state index in [1.807, 2.05) is 32.1 Å². The van der Waals surface area contributed by atoms with Gasteiger partial charge in [-0.05, 0) is 42.3 Å². The average Bonchev–Trinajstić information content (AvgIpc) is 2.49. The quantitative estimate of drug-likeness (QED) is 0.926. The highest BCUT2D eigenvalue weighted by Crippen LogP contribution is 2.25. The third-order valence-electron chi connectivity index (χ3n) is 3.57. The number of methoxy groups -OCH3 is 1. The van der Waals surface area contributed by atoms with Crippen molar-refractivity contribution in [1.82, 2.24) is 5.43 Å². The molecule has 0 aromatic heterocycles. The van der Waals surface area contributed by atoms with E-state index < -0.39 is 10.8 Å². The molecule has 2 rings (SSSR count). The molecule has 22 heavy (non-hydrogen) atoms. The molecule has 0 bridgehead atoms. The van der Waals surface area contributed by atoms with Gasteiger partial charge >= 0.3 is 0 Å². The maximum atomic E-state index is 11.7. The summed E-state index contributed by atoms with van der Waals surface area (Å²) in [6.45, 7) is 3.93. The smallest absolute Gasteiger partial charge is 0.240 e. The van der Waals surface area contributed by atoms with Crippen molar-refractivity contribution in [2.24, 2.45) is 11.0 Å². The molecule has 0 spiro atoms. The summed E-state index contributed by atoms with van der Waals surface area (Å²) < 4.78 is 17.0. The Labute approximate surface area is 132 Å². The number of allylic oxidation sites excluding steroid dienone is 2. The summed E-state index contributed by atoms with van der Waals surface area (Å²) in [5.74, 6) is 0.684. The SMILES string of the molecule is COc1cc(C(C)=CC2=NNC(=O)CC2C)cc(S(C)=O)c1. The Bertz CT molecular complexity index is 680. The first-order valence-corrected chi connectivity index (χ1v) is 8.54. The van der Waals surface area contributed by atoms with Crippen LogP contribution in [0.5, 0.6) is 5.75 Å². The van der Waals surface area contributed by atoms with Crippen LogP contribution in [0.25, 0.3) is 5.57 Å². The largest absolute Gasteiger partial charge is 0.497 e. The molecule has 5 nitrogen and oxygen atoms in total. The number of hydrogen-bond acceptors (Lipinski definition) is 4. The Morgan fingerprint density at radius 2 is 2.18 bits per heavy atom. The van der Waals surface area contributed by atoms with Crippen LogP contribution in [-0.4, -0.2) is 29.2 Å². The lowest BCUT2D eigenvalue weighted by atomic mass is 9.96. The van der Waals surface area contributed by atoms with Crippen LogP contribution in [0, 0.1) is 5.92 Å². The van der Waals surface area contributed by atoms with Gasteiger partial charge in [0.2, 0.25) is 5.91 Å².